The SMILES string of the molecule is CCCN1CCCc2cc(CN(CCCN3CCOCC3)C(=S)Nc3ccc(C(=O)OCC)cc3)ccc21. The van der Waals surface area contributed by atoms with Crippen LogP contribution in [0, 0.1) is 0 Å². The summed E-state index contributed by atoms with van der Waals surface area (Å²) in [4.78, 5) is 19.3. The maximum atomic E-state index is 12.0. The highest BCUT2D eigenvalue weighted by Gasteiger charge is 2.19. The van der Waals surface area contributed by atoms with Gasteiger partial charge in [0.2, 0.25) is 0 Å². The van der Waals surface area contributed by atoms with Crippen LogP contribution in [0.25, 0.3) is 0 Å². The summed E-state index contributed by atoms with van der Waals surface area (Å²) in [5.74, 6) is -0.309. The van der Waals surface area contributed by atoms with Crippen LogP contribution in [0.2, 0.25) is 0 Å². The van der Waals surface area contributed by atoms with E-state index in [9.17, 15) is 4.79 Å². The second kappa shape index (κ2) is 14.5. The summed E-state index contributed by atoms with van der Waals surface area (Å²) in [6.07, 6.45) is 4.54. The molecular formula is C30H42N4O3S. The summed E-state index contributed by atoms with van der Waals surface area (Å²) in [6.45, 7) is 13.0. The van der Waals surface area contributed by atoms with Crippen molar-refractivity contribution < 1.29 is 14.3 Å². The number of nitrogens with one attached hydrogen (secondary N) is 1. The van der Waals surface area contributed by atoms with Crippen LogP contribution in [-0.4, -0.2) is 80.0 Å². The Labute approximate surface area is 233 Å². The van der Waals surface area contributed by atoms with Crippen molar-refractivity contribution in [1.82, 2.24) is 9.80 Å². The Balaban J connectivity index is 1.44. The molecule has 4 rings (SSSR count). The summed E-state index contributed by atoms with van der Waals surface area (Å²) in [6, 6.07) is 14.3. The lowest BCUT2D eigenvalue weighted by Gasteiger charge is -2.32. The van der Waals surface area contributed by atoms with Crippen molar-refractivity contribution in [2.45, 2.75) is 46.1 Å². The molecule has 2 aromatic carbocycles. The zero-order valence-corrected chi connectivity index (χ0v) is 23.7. The number of ether oxygens (including phenoxy) is 2. The molecule has 206 valence electrons. The van der Waals surface area contributed by atoms with Gasteiger partial charge in [-0.05, 0) is 86.3 Å². The van der Waals surface area contributed by atoms with Gasteiger partial charge in [0.1, 0.15) is 0 Å². The third-order valence-electron chi connectivity index (χ3n) is 7.17. The fourth-order valence-electron chi connectivity index (χ4n) is 5.22. The molecule has 1 N–H and O–H groups in total. The molecule has 8 heteroatoms. The van der Waals surface area contributed by atoms with Crippen molar-refractivity contribution in [1.29, 1.82) is 0 Å². The van der Waals surface area contributed by atoms with E-state index in [2.05, 4.69) is 45.1 Å². The maximum absolute atomic E-state index is 12.0. The largest absolute Gasteiger partial charge is 0.462 e. The Bertz CT molecular complexity index is 1060. The molecule has 2 aromatic rings. The van der Waals surface area contributed by atoms with E-state index in [0.717, 1.165) is 77.6 Å². The van der Waals surface area contributed by atoms with Crippen LogP contribution in [0.3, 0.4) is 0 Å². The molecule has 0 unspecified atom stereocenters. The molecule has 0 atom stereocenters. The molecule has 0 spiro atoms. The van der Waals surface area contributed by atoms with E-state index in [4.69, 9.17) is 21.7 Å². The second-order valence-electron chi connectivity index (χ2n) is 10.0. The number of benzene rings is 2. The Morgan fingerprint density at radius 2 is 1.87 bits per heavy atom. The Morgan fingerprint density at radius 1 is 1.08 bits per heavy atom. The third-order valence-corrected chi connectivity index (χ3v) is 7.53. The quantitative estimate of drug-likeness (QED) is 0.319. The molecule has 1 saturated heterocycles. The standard InChI is InChI=1S/C30H42N4O3S/c1-3-14-33-16-5-7-26-22-24(8-13-28(26)33)23-34(17-6-15-32-18-20-36-21-19-32)30(38)31-27-11-9-25(10-12-27)29(35)37-4-2/h8-13,22H,3-7,14-21,23H2,1-2H3,(H,31,38). The molecular weight excluding hydrogens is 496 g/mol. The smallest absolute Gasteiger partial charge is 0.338 e. The van der Waals surface area contributed by atoms with Crippen LogP contribution in [-0.2, 0) is 22.4 Å². The minimum atomic E-state index is -0.309. The molecule has 0 aromatic heterocycles. The lowest BCUT2D eigenvalue weighted by Crippen LogP contribution is -2.40. The maximum Gasteiger partial charge on any atom is 0.338 e. The first kappa shape index (κ1) is 28.3. The van der Waals surface area contributed by atoms with Crippen molar-refractivity contribution in [3.05, 3.63) is 59.2 Å². The van der Waals surface area contributed by atoms with Crippen LogP contribution in [0.15, 0.2) is 42.5 Å². The molecule has 0 radical (unpaired) electrons. The number of hydrogen-bond acceptors (Lipinski definition) is 6. The molecule has 0 aliphatic carbocycles. The van der Waals surface area contributed by atoms with Crippen molar-refractivity contribution in [2.75, 3.05) is 69.3 Å². The zero-order valence-electron chi connectivity index (χ0n) is 22.9. The van der Waals surface area contributed by atoms with Crippen LogP contribution in [0.1, 0.15) is 54.6 Å². The van der Waals surface area contributed by atoms with Crippen molar-refractivity contribution >= 4 is 34.7 Å². The van der Waals surface area contributed by atoms with E-state index in [-0.39, 0.29) is 5.97 Å². The predicted molar refractivity (Wildman–Crippen MR) is 158 cm³/mol. The van der Waals surface area contributed by atoms with Gasteiger partial charge in [-0.2, -0.15) is 0 Å². The summed E-state index contributed by atoms with van der Waals surface area (Å²) in [5.41, 5.74) is 5.53. The lowest BCUT2D eigenvalue weighted by molar-refractivity contribution is 0.0367. The van der Waals surface area contributed by atoms with Crippen molar-refractivity contribution in [2.24, 2.45) is 0 Å². The molecule has 7 nitrogen and oxygen atoms in total. The number of esters is 1. The number of aryl methyl sites for hydroxylation is 1. The lowest BCUT2D eigenvalue weighted by atomic mass is 9.98. The van der Waals surface area contributed by atoms with E-state index in [1.807, 2.05) is 19.1 Å². The highest BCUT2D eigenvalue weighted by atomic mass is 32.1. The van der Waals surface area contributed by atoms with Gasteiger partial charge in [-0.15, -0.1) is 0 Å². The molecule has 0 bridgehead atoms. The summed E-state index contributed by atoms with van der Waals surface area (Å²) >= 11 is 5.91. The monoisotopic (exact) mass is 538 g/mol. The van der Waals surface area contributed by atoms with Gasteiger partial charge < -0.3 is 24.6 Å². The summed E-state index contributed by atoms with van der Waals surface area (Å²) < 4.78 is 10.6. The van der Waals surface area contributed by atoms with Gasteiger partial charge in [-0.3, -0.25) is 4.90 Å². The number of fused-ring (bicyclic) bond motifs is 1. The second-order valence-corrected chi connectivity index (χ2v) is 10.4. The first-order valence-electron chi connectivity index (χ1n) is 14.1. The van der Waals surface area contributed by atoms with Gasteiger partial charge in [0.25, 0.3) is 0 Å². The van der Waals surface area contributed by atoms with Crippen LogP contribution >= 0.6 is 12.2 Å². The third kappa shape index (κ3) is 7.91. The normalized spacial score (nSPS) is 15.6. The number of rotatable bonds is 11. The highest BCUT2D eigenvalue weighted by Crippen LogP contribution is 2.29. The summed E-state index contributed by atoms with van der Waals surface area (Å²) in [5, 5.41) is 4.09. The number of carbonyl (C=O) groups excluding carboxylic acids is 1. The number of carbonyl (C=O) groups is 1. The van der Waals surface area contributed by atoms with E-state index >= 15 is 0 Å². The van der Waals surface area contributed by atoms with E-state index < -0.39 is 0 Å². The molecule has 2 heterocycles. The minimum absolute atomic E-state index is 0.309. The van der Waals surface area contributed by atoms with Gasteiger partial charge in [-0.1, -0.05) is 19.1 Å². The Morgan fingerprint density at radius 3 is 2.61 bits per heavy atom. The Kier molecular flexibility index (Phi) is 10.8. The number of thiocarbonyl (C=S) groups is 1. The fourth-order valence-corrected chi connectivity index (χ4v) is 5.49. The number of hydrogen-bond donors (Lipinski definition) is 1. The van der Waals surface area contributed by atoms with Crippen molar-refractivity contribution in [3.63, 3.8) is 0 Å². The fraction of sp³-hybridized carbons (Fsp3) is 0.533. The predicted octanol–water partition coefficient (Wildman–Crippen LogP) is 4.95. The number of morpholine rings is 1. The van der Waals surface area contributed by atoms with Gasteiger partial charge >= 0.3 is 5.97 Å². The molecule has 1 fully saturated rings. The van der Waals surface area contributed by atoms with Gasteiger partial charge in [0.15, 0.2) is 5.11 Å². The van der Waals surface area contributed by atoms with Gasteiger partial charge in [0.05, 0.1) is 25.4 Å². The number of nitrogens with zero attached hydrogens (tertiary/aromatic N) is 3. The molecule has 2 aliphatic rings. The topological polar surface area (TPSA) is 57.3 Å². The number of anilines is 2. The van der Waals surface area contributed by atoms with Crippen LogP contribution < -0.4 is 10.2 Å². The average molecular weight is 539 g/mol. The van der Waals surface area contributed by atoms with E-state index in [0.29, 0.717) is 17.3 Å². The molecule has 0 amide bonds. The molecule has 38 heavy (non-hydrogen) atoms. The molecule has 2 aliphatic heterocycles. The van der Waals surface area contributed by atoms with Gasteiger partial charge in [0, 0.05) is 57.2 Å². The first-order valence-corrected chi connectivity index (χ1v) is 14.5. The van der Waals surface area contributed by atoms with Crippen LogP contribution in [0.4, 0.5) is 11.4 Å². The Hall–Kier alpha value is -2.68. The zero-order chi connectivity index (χ0) is 26.7. The van der Waals surface area contributed by atoms with Crippen LogP contribution in [0.5, 0.6) is 0 Å². The molecule has 0 saturated carbocycles. The summed E-state index contributed by atoms with van der Waals surface area (Å²) in [7, 11) is 0. The minimum Gasteiger partial charge on any atom is -0.462 e. The highest BCUT2D eigenvalue weighted by molar-refractivity contribution is 7.80. The average Bonchev–Trinajstić information content (AvgIpc) is 2.94. The first-order chi connectivity index (χ1) is 18.6. The van der Waals surface area contributed by atoms with Crippen molar-refractivity contribution in [3.8, 4) is 0 Å². The van der Waals surface area contributed by atoms with E-state index in [1.54, 1.807) is 12.1 Å². The van der Waals surface area contributed by atoms with E-state index in [1.165, 1.54) is 29.7 Å². The van der Waals surface area contributed by atoms with Gasteiger partial charge in [-0.25, -0.2) is 4.79 Å².